The van der Waals surface area contributed by atoms with Gasteiger partial charge in [0.15, 0.2) is 5.78 Å². The van der Waals surface area contributed by atoms with Crippen LogP contribution in [0, 0.1) is 0 Å². The summed E-state index contributed by atoms with van der Waals surface area (Å²) in [6.45, 7) is 6.74. The first kappa shape index (κ1) is 16.7. The Labute approximate surface area is 137 Å². The second-order valence-corrected chi connectivity index (χ2v) is 9.55. The molecule has 1 aliphatic rings. The molecule has 0 aliphatic heterocycles. The first-order chi connectivity index (χ1) is 9.94. The third kappa shape index (κ3) is 5.91. The number of thioether (sulfide) groups is 2. The molecular formula is C18H24OS2. The molecule has 1 aromatic carbocycles. The Morgan fingerprint density at radius 2 is 1.81 bits per heavy atom. The number of ketones is 1. The van der Waals surface area contributed by atoms with Crippen LogP contribution in [0.4, 0.5) is 0 Å². The van der Waals surface area contributed by atoms with E-state index in [1.165, 1.54) is 10.5 Å². The van der Waals surface area contributed by atoms with Crippen molar-refractivity contribution in [1.29, 1.82) is 0 Å². The molecule has 1 aliphatic carbocycles. The fourth-order valence-corrected chi connectivity index (χ4v) is 4.51. The Balaban J connectivity index is 1.87. The monoisotopic (exact) mass is 320 g/mol. The lowest BCUT2D eigenvalue weighted by Crippen LogP contribution is -2.12. The van der Waals surface area contributed by atoms with Gasteiger partial charge in [0.1, 0.15) is 0 Å². The van der Waals surface area contributed by atoms with Gasteiger partial charge in [-0.1, -0.05) is 51.1 Å². The highest BCUT2D eigenvalue weighted by Crippen LogP contribution is 2.36. The van der Waals surface area contributed by atoms with Crippen LogP contribution in [-0.2, 0) is 4.79 Å². The molecule has 0 aromatic heterocycles. The van der Waals surface area contributed by atoms with Gasteiger partial charge in [-0.05, 0) is 28.9 Å². The molecule has 0 heterocycles. The van der Waals surface area contributed by atoms with Crippen LogP contribution in [0.1, 0.15) is 45.1 Å². The van der Waals surface area contributed by atoms with Crippen LogP contribution in [0.15, 0.2) is 41.3 Å². The van der Waals surface area contributed by atoms with Gasteiger partial charge in [0.2, 0.25) is 0 Å². The summed E-state index contributed by atoms with van der Waals surface area (Å²) in [7, 11) is 0. The lowest BCUT2D eigenvalue weighted by atomic mass is 9.87. The van der Waals surface area contributed by atoms with Crippen molar-refractivity contribution in [2.75, 3.05) is 11.5 Å². The highest BCUT2D eigenvalue weighted by atomic mass is 32.2. The molecule has 0 N–H and O–H groups in total. The third-order valence-electron chi connectivity index (χ3n) is 3.39. The minimum atomic E-state index is 0.279. The van der Waals surface area contributed by atoms with Gasteiger partial charge in [0, 0.05) is 22.7 Å². The molecular weight excluding hydrogens is 296 g/mol. The number of allylic oxidation sites excluding steroid dienone is 2. The van der Waals surface area contributed by atoms with E-state index in [9.17, 15) is 4.79 Å². The van der Waals surface area contributed by atoms with Crippen LogP contribution in [-0.4, -0.2) is 22.0 Å². The van der Waals surface area contributed by atoms with Gasteiger partial charge in [-0.25, -0.2) is 0 Å². The minimum Gasteiger partial charge on any atom is -0.295 e. The normalized spacial score (nSPS) is 19.5. The van der Waals surface area contributed by atoms with E-state index < -0.39 is 0 Å². The predicted octanol–water partition coefficient (Wildman–Crippen LogP) is 5.28. The number of carbonyl (C=O) groups excluding carboxylic acids is 1. The van der Waals surface area contributed by atoms with Crippen molar-refractivity contribution < 1.29 is 4.79 Å². The third-order valence-corrected chi connectivity index (χ3v) is 5.99. The van der Waals surface area contributed by atoms with E-state index in [1.807, 2.05) is 35.7 Å². The van der Waals surface area contributed by atoms with Gasteiger partial charge >= 0.3 is 0 Å². The molecule has 0 unspecified atom stereocenters. The standard InChI is InChI=1S/C18H24OS2/c1-18(2,3)21-10-9-20-17-12-15(11-16(19)13-17)14-7-5-4-6-8-14/h4-8,13,15H,9-12H2,1-3H3/t15-/m1/s1. The summed E-state index contributed by atoms with van der Waals surface area (Å²) < 4.78 is 0.323. The fraction of sp³-hybridized carbons (Fsp3) is 0.500. The zero-order valence-corrected chi connectivity index (χ0v) is 14.7. The quantitative estimate of drug-likeness (QED) is 0.687. The maximum atomic E-state index is 12.0. The Kier molecular flexibility index (Phi) is 6.00. The fourth-order valence-electron chi connectivity index (χ4n) is 2.44. The summed E-state index contributed by atoms with van der Waals surface area (Å²) in [6, 6.07) is 10.4. The number of hydrogen-bond acceptors (Lipinski definition) is 3. The molecule has 0 radical (unpaired) electrons. The molecule has 0 amide bonds. The first-order valence-corrected chi connectivity index (χ1v) is 9.46. The second-order valence-electron chi connectivity index (χ2n) is 6.40. The largest absolute Gasteiger partial charge is 0.295 e. The van der Waals surface area contributed by atoms with E-state index in [1.54, 1.807) is 0 Å². The van der Waals surface area contributed by atoms with Crippen molar-refractivity contribution in [3.05, 3.63) is 46.9 Å². The van der Waals surface area contributed by atoms with Crippen LogP contribution in [0.5, 0.6) is 0 Å². The predicted molar refractivity (Wildman–Crippen MR) is 96.2 cm³/mol. The molecule has 1 aromatic rings. The molecule has 0 fully saturated rings. The van der Waals surface area contributed by atoms with E-state index in [2.05, 4.69) is 45.0 Å². The lowest BCUT2D eigenvalue weighted by molar-refractivity contribution is -0.115. The van der Waals surface area contributed by atoms with Crippen molar-refractivity contribution in [2.24, 2.45) is 0 Å². The number of carbonyl (C=O) groups is 1. The number of rotatable bonds is 5. The van der Waals surface area contributed by atoms with E-state index in [-0.39, 0.29) is 5.78 Å². The number of hydrogen-bond donors (Lipinski definition) is 0. The summed E-state index contributed by atoms with van der Waals surface area (Å²) >= 11 is 3.85. The van der Waals surface area contributed by atoms with Crippen LogP contribution in [0.3, 0.4) is 0 Å². The molecule has 0 bridgehead atoms. The van der Waals surface area contributed by atoms with Crippen molar-refractivity contribution >= 4 is 29.3 Å². The van der Waals surface area contributed by atoms with Crippen molar-refractivity contribution in [2.45, 2.75) is 44.3 Å². The minimum absolute atomic E-state index is 0.279. The van der Waals surface area contributed by atoms with Crippen LogP contribution >= 0.6 is 23.5 Å². The Hall–Kier alpha value is -0.670. The van der Waals surface area contributed by atoms with Crippen LogP contribution < -0.4 is 0 Å². The average molecular weight is 321 g/mol. The van der Waals surface area contributed by atoms with Crippen LogP contribution in [0.2, 0.25) is 0 Å². The van der Waals surface area contributed by atoms with Crippen molar-refractivity contribution in [3.8, 4) is 0 Å². The molecule has 3 heteroatoms. The second kappa shape index (κ2) is 7.55. The SMILES string of the molecule is CC(C)(C)SCCSC1=CC(=O)C[C@@H](c2ccccc2)C1. The van der Waals surface area contributed by atoms with Crippen LogP contribution in [0.25, 0.3) is 0 Å². The maximum absolute atomic E-state index is 12.0. The Bertz CT molecular complexity index is 500. The Morgan fingerprint density at radius 3 is 2.48 bits per heavy atom. The van der Waals surface area contributed by atoms with Gasteiger partial charge in [0.25, 0.3) is 0 Å². The van der Waals surface area contributed by atoms with E-state index >= 15 is 0 Å². The molecule has 1 atom stereocenters. The first-order valence-electron chi connectivity index (χ1n) is 7.49. The molecule has 0 spiro atoms. The van der Waals surface area contributed by atoms with Crippen molar-refractivity contribution in [3.63, 3.8) is 0 Å². The molecule has 0 saturated carbocycles. The summed E-state index contributed by atoms with van der Waals surface area (Å²) in [5.41, 5.74) is 1.29. The highest BCUT2D eigenvalue weighted by Gasteiger charge is 2.22. The molecule has 21 heavy (non-hydrogen) atoms. The van der Waals surface area contributed by atoms with Crippen molar-refractivity contribution in [1.82, 2.24) is 0 Å². The summed E-state index contributed by atoms with van der Waals surface area (Å²) in [5, 5.41) is 0. The zero-order valence-electron chi connectivity index (χ0n) is 13.1. The van der Waals surface area contributed by atoms with Gasteiger partial charge in [-0.2, -0.15) is 11.8 Å². The molecule has 114 valence electrons. The average Bonchev–Trinajstić information content (AvgIpc) is 2.43. The highest BCUT2D eigenvalue weighted by molar-refractivity contribution is 8.05. The topological polar surface area (TPSA) is 17.1 Å². The van der Waals surface area contributed by atoms with E-state index in [0.717, 1.165) is 17.9 Å². The summed E-state index contributed by atoms with van der Waals surface area (Å²) in [6.07, 6.45) is 3.54. The van der Waals surface area contributed by atoms with E-state index in [4.69, 9.17) is 0 Å². The summed E-state index contributed by atoms with van der Waals surface area (Å²) in [5.74, 6) is 2.86. The Morgan fingerprint density at radius 1 is 1.10 bits per heavy atom. The van der Waals surface area contributed by atoms with Gasteiger partial charge in [0.05, 0.1) is 0 Å². The molecule has 1 nitrogen and oxygen atoms in total. The lowest BCUT2D eigenvalue weighted by Gasteiger charge is -2.22. The number of benzene rings is 1. The molecule has 2 rings (SSSR count). The maximum Gasteiger partial charge on any atom is 0.157 e. The smallest absolute Gasteiger partial charge is 0.157 e. The van der Waals surface area contributed by atoms with E-state index in [0.29, 0.717) is 17.1 Å². The summed E-state index contributed by atoms with van der Waals surface area (Å²) in [4.78, 5) is 13.2. The zero-order chi connectivity index (χ0) is 15.3. The molecule has 0 saturated heterocycles. The van der Waals surface area contributed by atoms with Gasteiger partial charge < -0.3 is 0 Å². The van der Waals surface area contributed by atoms with Gasteiger partial charge in [-0.3, -0.25) is 4.79 Å². The van der Waals surface area contributed by atoms with Gasteiger partial charge in [-0.15, -0.1) is 11.8 Å².